The van der Waals surface area contributed by atoms with Gasteiger partial charge in [-0.25, -0.2) is 13.2 Å². The van der Waals surface area contributed by atoms with E-state index in [2.05, 4.69) is 0 Å². The van der Waals surface area contributed by atoms with E-state index in [4.69, 9.17) is 0 Å². The van der Waals surface area contributed by atoms with Crippen LogP contribution in [0.4, 0.5) is 13.2 Å². The highest BCUT2D eigenvalue weighted by atomic mass is 32.2. The van der Waals surface area contributed by atoms with Crippen molar-refractivity contribution < 1.29 is 33.1 Å². The number of thioether (sulfide) groups is 1. The van der Waals surface area contributed by atoms with Gasteiger partial charge in [0.25, 0.3) is 0 Å². The van der Waals surface area contributed by atoms with Crippen molar-refractivity contribution in [2.24, 2.45) is 34.5 Å². The minimum absolute atomic E-state index is 0.0503. The molecule has 5 rings (SSSR count). The lowest BCUT2D eigenvalue weighted by atomic mass is 9.45. The first-order chi connectivity index (χ1) is 17.8. The number of ketones is 1. The fourth-order valence-electron chi connectivity index (χ4n) is 8.26. The van der Waals surface area contributed by atoms with Gasteiger partial charge in [0, 0.05) is 33.5 Å². The molecule has 38 heavy (non-hydrogen) atoms. The maximum Gasteiger partial charge on any atom is 0.195 e. The molecule has 4 aliphatic carbocycles. The first-order valence-corrected chi connectivity index (χ1v) is 14.8. The van der Waals surface area contributed by atoms with Crippen LogP contribution in [0.15, 0.2) is 35.9 Å². The minimum atomic E-state index is -2.24. The van der Waals surface area contributed by atoms with Crippen LogP contribution in [0.2, 0.25) is 0 Å². The number of fused-ring (bicyclic) bond motifs is 5. The first-order valence-electron chi connectivity index (χ1n) is 13.0. The number of aliphatic hydroxyl groups is 1. The Morgan fingerprint density at radius 1 is 1.26 bits per heavy atom. The summed E-state index contributed by atoms with van der Waals surface area (Å²) in [6.07, 6.45) is 0.769. The summed E-state index contributed by atoms with van der Waals surface area (Å²) in [5.74, 6) is -2.97. The molecule has 0 aliphatic heterocycles. The number of allylic oxidation sites excluding steroid dienone is 4. The Labute approximate surface area is 229 Å². The van der Waals surface area contributed by atoms with Gasteiger partial charge >= 0.3 is 0 Å². The summed E-state index contributed by atoms with van der Waals surface area (Å²) in [4.78, 5) is 27.4. The van der Waals surface area contributed by atoms with Crippen LogP contribution in [0.25, 0.3) is 0 Å². The smallest absolute Gasteiger partial charge is 0.195 e. The fraction of sp³-hybridized carbons (Fsp3) is 0.643. The quantitative estimate of drug-likeness (QED) is 0.435. The molecular formula is C28H34F3NO4S2. The number of thiophene rings is 1. The summed E-state index contributed by atoms with van der Waals surface area (Å²) in [6, 6.07) is 2.97. The van der Waals surface area contributed by atoms with E-state index < -0.39 is 64.2 Å². The molecule has 208 valence electrons. The van der Waals surface area contributed by atoms with Crippen molar-refractivity contribution in [1.82, 2.24) is 5.06 Å². The lowest BCUT2D eigenvalue weighted by Crippen LogP contribution is -2.68. The topological polar surface area (TPSA) is 77.8 Å². The maximum absolute atomic E-state index is 17.4. The molecule has 0 amide bonds. The third-order valence-corrected chi connectivity index (χ3v) is 11.5. The summed E-state index contributed by atoms with van der Waals surface area (Å²) >= 11 is 2.11. The van der Waals surface area contributed by atoms with Crippen molar-refractivity contribution in [2.75, 3.05) is 12.6 Å². The van der Waals surface area contributed by atoms with Crippen LogP contribution in [0.5, 0.6) is 0 Å². The number of alkyl halides is 3. The predicted molar refractivity (Wildman–Crippen MR) is 141 cm³/mol. The third kappa shape index (κ3) is 4.17. The number of aryl methyl sites for hydroxylation is 1. The third-order valence-electron chi connectivity index (χ3n) is 9.83. The van der Waals surface area contributed by atoms with Crippen LogP contribution in [0, 0.1) is 41.4 Å². The molecule has 0 radical (unpaired) electrons. The fourth-order valence-corrected chi connectivity index (χ4v) is 9.90. The molecule has 1 aromatic heterocycles. The maximum atomic E-state index is 17.4. The standard InChI is InChI=1S/C28H34F3NO4S2/c1-15-4-5-18(38-15)13-32(36)12-16-8-19-20-10-22(30)21-9-17(33)6-7-27(21,3)28(20,31)23(34)11-26(19,2)24(16)25(35)37-14-29/h4-7,9,16,19-20,22-24,34,36H,8,10-14H2,1-3H3/t16-,19?,20-,22-,23-,24+,26-,27-,28-/m0/s1. The lowest BCUT2D eigenvalue weighted by Gasteiger charge is -2.62. The van der Waals surface area contributed by atoms with Gasteiger partial charge in [-0.15, -0.1) is 11.3 Å². The lowest BCUT2D eigenvalue weighted by molar-refractivity contribution is -0.201. The van der Waals surface area contributed by atoms with E-state index in [1.54, 1.807) is 18.3 Å². The molecule has 5 nitrogen and oxygen atoms in total. The van der Waals surface area contributed by atoms with Crippen molar-refractivity contribution in [3.8, 4) is 0 Å². The number of aliphatic hydroxyl groups excluding tert-OH is 1. The molecular weight excluding hydrogens is 535 g/mol. The van der Waals surface area contributed by atoms with Crippen molar-refractivity contribution in [1.29, 1.82) is 0 Å². The largest absolute Gasteiger partial charge is 0.390 e. The van der Waals surface area contributed by atoms with Crippen LogP contribution in [0.1, 0.15) is 42.9 Å². The van der Waals surface area contributed by atoms with E-state index in [0.29, 0.717) is 18.2 Å². The predicted octanol–water partition coefficient (Wildman–Crippen LogP) is 5.60. The zero-order chi connectivity index (χ0) is 27.6. The Bertz CT molecular complexity index is 1190. The van der Waals surface area contributed by atoms with Gasteiger partial charge in [-0.1, -0.05) is 24.8 Å². The number of halogens is 3. The summed E-state index contributed by atoms with van der Waals surface area (Å²) in [5, 5.41) is 23.0. The molecule has 4 aliphatic rings. The molecule has 1 unspecified atom stereocenters. The highest BCUT2D eigenvalue weighted by Gasteiger charge is 2.73. The van der Waals surface area contributed by atoms with E-state index in [1.807, 2.05) is 26.0 Å². The average molecular weight is 570 g/mol. The molecule has 9 atom stereocenters. The molecule has 10 heteroatoms. The Kier molecular flexibility index (Phi) is 7.29. The number of hydrogen-bond acceptors (Lipinski definition) is 7. The van der Waals surface area contributed by atoms with Crippen molar-refractivity contribution >= 4 is 34.0 Å². The zero-order valence-electron chi connectivity index (χ0n) is 21.7. The molecule has 3 saturated carbocycles. The van der Waals surface area contributed by atoms with Crippen molar-refractivity contribution in [3.05, 3.63) is 45.7 Å². The van der Waals surface area contributed by atoms with Crippen LogP contribution in [-0.2, 0) is 16.1 Å². The summed E-state index contributed by atoms with van der Waals surface area (Å²) in [7, 11) is 0. The van der Waals surface area contributed by atoms with E-state index in [0.717, 1.165) is 20.9 Å². The van der Waals surface area contributed by atoms with Gasteiger partial charge in [-0.05, 0) is 80.2 Å². The molecule has 3 fully saturated rings. The molecule has 0 aromatic carbocycles. The van der Waals surface area contributed by atoms with Gasteiger partial charge in [0.1, 0.15) is 12.2 Å². The molecule has 2 N–H and O–H groups in total. The number of nitrogens with zero attached hydrogens (tertiary/aromatic N) is 1. The monoisotopic (exact) mass is 569 g/mol. The van der Waals surface area contributed by atoms with E-state index >= 15 is 8.78 Å². The van der Waals surface area contributed by atoms with Crippen molar-refractivity contribution in [2.45, 2.75) is 64.5 Å². The zero-order valence-corrected chi connectivity index (χ0v) is 23.3. The van der Waals surface area contributed by atoms with Gasteiger partial charge < -0.3 is 10.3 Å². The van der Waals surface area contributed by atoms with Crippen LogP contribution in [-0.4, -0.2) is 56.8 Å². The SMILES string of the molecule is Cc1ccc(CN(O)C[C@@H]2CC3[C@@H]4C[C@H](F)C5=CC(=O)C=C[C@]5(C)[C@@]4(F)[C@@H](O)C[C@]3(C)[C@H]2C(=O)SCF)s1. The molecule has 0 bridgehead atoms. The summed E-state index contributed by atoms with van der Waals surface area (Å²) in [6.45, 7) is 5.71. The van der Waals surface area contributed by atoms with E-state index in [1.165, 1.54) is 12.2 Å². The second kappa shape index (κ2) is 9.87. The summed E-state index contributed by atoms with van der Waals surface area (Å²) < 4.78 is 46.3. The molecule has 1 aromatic rings. The Morgan fingerprint density at radius 3 is 2.66 bits per heavy atom. The van der Waals surface area contributed by atoms with Gasteiger partial charge in [0.15, 0.2) is 16.6 Å². The van der Waals surface area contributed by atoms with Crippen LogP contribution < -0.4 is 0 Å². The van der Waals surface area contributed by atoms with Gasteiger partial charge in [0.2, 0.25) is 0 Å². The molecule has 0 saturated heterocycles. The first kappa shape index (κ1) is 28.1. The van der Waals surface area contributed by atoms with Gasteiger partial charge in [0.05, 0.1) is 12.6 Å². The summed E-state index contributed by atoms with van der Waals surface area (Å²) in [5.41, 5.74) is -4.61. The van der Waals surface area contributed by atoms with Gasteiger partial charge in [-0.3, -0.25) is 9.59 Å². The second-order valence-corrected chi connectivity index (χ2v) is 14.1. The van der Waals surface area contributed by atoms with Crippen LogP contribution in [0.3, 0.4) is 0 Å². The highest BCUT2D eigenvalue weighted by Crippen LogP contribution is 2.70. The van der Waals surface area contributed by atoms with E-state index in [-0.39, 0.29) is 36.6 Å². The molecule has 0 spiro atoms. The highest BCUT2D eigenvalue weighted by molar-refractivity contribution is 8.13. The number of rotatable bonds is 6. The number of carbonyl (C=O) groups excluding carboxylic acids is 2. The second-order valence-electron chi connectivity index (χ2n) is 11.9. The molecule has 1 heterocycles. The Balaban J connectivity index is 1.50. The number of hydrogen-bond donors (Lipinski definition) is 2. The Morgan fingerprint density at radius 2 is 2.00 bits per heavy atom. The Hall–Kier alpha value is -1.46. The normalized spacial score (nSPS) is 42.0. The minimum Gasteiger partial charge on any atom is -0.390 e. The van der Waals surface area contributed by atoms with Crippen LogP contribution >= 0.6 is 23.1 Å². The average Bonchev–Trinajstić information content (AvgIpc) is 3.36. The number of carbonyl (C=O) groups is 2. The number of hydroxylamine groups is 2. The van der Waals surface area contributed by atoms with Crippen molar-refractivity contribution in [3.63, 3.8) is 0 Å². The van der Waals surface area contributed by atoms with Gasteiger partial charge in [-0.2, -0.15) is 5.06 Å². The van der Waals surface area contributed by atoms with E-state index in [9.17, 15) is 24.3 Å².